The van der Waals surface area contributed by atoms with E-state index >= 15 is 0 Å². The number of likely N-dealkylation sites (tertiary alicyclic amines) is 1. The number of hydrogen-bond acceptors (Lipinski definition) is 20. The number of para-hydroxylation sites is 1. The van der Waals surface area contributed by atoms with Gasteiger partial charge in [0.25, 0.3) is 0 Å². The first-order chi connectivity index (χ1) is 49.1. The maximum atomic E-state index is 14.7. The number of fused-ring (bicyclic) bond motifs is 2. The molecule has 2 saturated heterocycles. The smallest absolute Gasteiger partial charge is 0.245 e. The van der Waals surface area contributed by atoms with Crippen LogP contribution in [-0.2, 0) is 52.8 Å². The lowest BCUT2D eigenvalue weighted by atomic mass is 9.91. The van der Waals surface area contributed by atoms with Crippen LogP contribution in [0.3, 0.4) is 0 Å². The van der Waals surface area contributed by atoms with E-state index in [0.29, 0.717) is 59.1 Å². The molecular formula is C73H93FN12O14S2. The van der Waals surface area contributed by atoms with Crippen LogP contribution < -0.4 is 58.2 Å². The zero-order valence-electron chi connectivity index (χ0n) is 57.6. The van der Waals surface area contributed by atoms with E-state index in [0.717, 1.165) is 88.0 Å². The third-order valence-corrected chi connectivity index (χ3v) is 20.2. The second-order valence-electron chi connectivity index (χ2n) is 25.4. The summed E-state index contributed by atoms with van der Waals surface area (Å²) < 4.78 is 29.9. The summed E-state index contributed by atoms with van der Waals surface area (Å²) in [6.45, 7) is 7.25. The van der Waals surface area contributed by atoms with Gasteiger partial charge in [-0.1, -0.05) is 106 Å². The predicted molar refractivity (Wildman–Crippen MR) is 388 cm³/mol. The van der Waals surface area contributed by atoms with Gasteiger partial charge in [0.1, 0.15) is 42.1 Å². The number of aliphatic hydroxyl groups is 3. The number of ketones is 1. The van der Waals surface area contributed by atoms with Gasteiger partial charge in [-0.3, -0.25) is 38.4 Å². The number of nitrogens with two attached hydrogens (primary N) is 2. The molecule has 2 fully saturated rings. The number of aromatic nitrogens is 2. The largest absolute Gasteiger partial charge is 0.493 e. The third kappa shape index (κ3) is 23.0. The Hall–Kier alpha value is -8.94. The predicted octanol–water partition coefficient (Wildman–Crippen LogP) is 4.02. The molecule has 0 spiro atoms. The Labute approximate surface area is 599 Å². The van der Waals surface area contributed by atoms with Crippen LogP contribution >= 0.6 is 21.6 Å². The number of unbranched alkanes of at least 4 members (excludes halogenated alkanes) is 1. The van der Waals surface area contributed by atoms with E-state index in [1.54, 1.807) is 92.2 Å². The lowest BCUT2D eigenvalue weighted by Crippen LogP contribution is -2.62. The number of nitrogens with zero attached hydrogens (tertiary/aromatic N) is 2. The number of Topliss-reactive ketones (excluding diaryl/α,β-unsaturated/α-hetero) is 1. The first-order valence-electron chi connectivity index (χ1n) is 34.1. The fourth-order valence-electron chi connectivity index (χ4n) is 11.9. The van der Waals surface area contributed by atoms with E-state index in [1.807, 2.05) is 30.3 Å². The minimum Gasteiger partial charge on any atom is -0.493 e. The molecule has 9 rings (SSSR count). The second-order valence-corrected chi connectivity index (χ2v) is 28.0. The summed E-state index contributed by atoms with van der Waals surface area (Å²) in [5, 5.41) is 55.6. The van der Waals surface area contributed by atoms with E-state index in [4.69, 9.17) is 25.5 Å². The molecule has 26 nitrogen and oxygen atoms in total. The number of ether oxygens (including phenoxy) is 2. The molecule has 7 amide bonds. The highest BCUT2D eigenvalue weighted by Crippen LogP contribution is 2.34. The molecule has 0 bridgehead atoms. The normalized spacial score (nSPS) is 20.5. The van der Waals surface area contributed by atoms with Crippen LogP contribution in [0, 0.1) is 5.82 Å². The van der Waals surface area contributed by atoms with Gasteiger partial charge in [0.2, 0.25) is 41.4 Å². The molecule has 7 aromatic rings. The van der Waals surface area contributed by atoms with Gasteiger partial charge in [-0.2, -0.15) is 0 Å². The molecule has 5 aromatic carbocycles. The molecule has 15 N–H and O–H groups in total. The summed E-state index contributed by atoms with van der Waals surface area (Å²) in [6, 6.07) is 24.5. The lowest BCUT2D eigenvalue weighted by Gasteiger charge is -2.31. The highest BCUT2D eigenvalue weighted by Gasteiger charge is 2.37. The van der Waals surface area contributed by atoms with Crippen molar-refractivity contribution >= 4 is 90.6 Å². The molecule has 29 heteroatoms. The zero-order valence-corrected chi connectivity index (χ0v) is 59.2. The van der Waals surface area contributed by atoms with Crippen molar-refractivity contribution in [1.82, 2.24) is 52.3 Å². The summed E-state index contributed by atoms with van der Waals surface area (Å²) in [5.41, 5.74) is 17.1. The van der Waals surface area contributed by atoms with E-state index < -0.39 is 108 Å². The Morgan fingerprint density at radius 3 is 2.08 bits per heavy atom. The van der Waals surface area contributed by atoms with Gasteiger partial charge < -0.3 is 87.9 Å². The minimum atomic E-state index is -1.66. The molecule has 10 atom stereocenters. The van der Waals surface area contributed by atoms with Crippen LogP contribution in [0.2, 0.25) is 0 Å². The Morgan fingerprint density at radius 1 is 0.745 bits per heavy atom. The molecule has 1 unspecified atom stereocenters. The summed E-state index contributed by atoms with van der Waals surface area (Å²) in [5.74, 6) is -4.75. The number of amides is 7. The van der Waals surface area contributed by atoms with Crippen molar-refractivity contribution in [3.8, 4) is 11.5 Å². The number of halogens is 1. The van der Waals surface area contributed by atoms with Crippen LogP contribution in [0.25, 0.3) is 21.9 Å². The molecule has 2 aromatic heterocycles. The number of rotatable bonds is 25. The zero-order chi connectivity index (χ0) is 73.2. The quantitative estimate of drug-likeness (QED) is 0.0218. The van der Waals surface area contributed by atoms with Crippen molar-refractivity contribution in [2.75, 3.05) is 58.0 Å². The molecule has 4 heterocycles. The van der Waals surface area contributed by atoms with E-state index in [2.05, 4.69) is 52.3 Å². The summed E-state index contributed by atoms with van der Waals surface area (Å²) >= 11 is 0. The molecule has 2 aliphatic heterocycles. The number of carbonyl (C=O) groups excluding carboxylic acids is 8. The number of carbonyl (C=O) groups is 8. The van der Waals surface area contributed by atoms with Crippen molar-refractivity contribution in [3.05, 3.63) is 161 Å². The summed E-state index contributed by atoms with van der Waals surface area (Å²) in [4.78, 5) is 117. The van der Waals surface area contributed by atoms with Crippen molar-refractivity contribution in [3.63, 3.8) is 0 Å². The van der Waals surface area contributed by atoms with Gasteiger partial charge in [-0.25, -0.2) is 4.39 Å². The van der Waals surface area contributed by atoms with Gasteiger partial charge in [-0.15, -0.1) is 0 Å². The van der Waals surface area contributed by atoms with Crippen LogP contribution in [-0.4, -0.2) is 196 Å². The molecule has 2 aliphatic rings. The van der Waals surface area contributed by atoms with Crippen LogP contribution in [0.15, 0.2) is 132 Å². The van der Waals surface area contributed by atoms with Crippen molar-refractivity contribution in [2.24, 2.45) is 11.5 Å². The van der Waals surface area contributed by atoms with Crippen molar-refractivity contribution in [1.29, 1.82) is 0 Å². The van der Waals surface area contributed by atoms with E-state index in [1.165, 1.54) is 32.9 Å². The van der Waals surface area contributed by atoms with Gasteiger partial charge in [0.15, 0.2) is 22.9 Å². The molecule has 0 aliphatic carbocycles. The molecule has 548 valence electrons. The monoisotopic (exact) mass is 1440 g/mol. The fourth-order valence-corrected chi connectivity index (χ4v) is 14.2. The Balaban J connectivity index is 0.000000351. The molecule has 0 radical (unpaired) electrons. The number of hydrogen-bond donors (Lipinski definition) is 13. The fraction of sp³-hybridized carbons (Fsp3) is 0.438. The van der Waals surface area contributed by atoms with Gasteiger partial charge in [0.05, 0.1) is 50.3 Å². The first kappa shape index (κ1) is 78.8. The molecular weight excluding hydrogens is 1350 g/mol. The molecule has 102 heavy (non-hydrogen) atoms. The second kappa shape index (κ2) is 39.5. The van der Waals surface area contributed by atoms with Crippen molar-refractivity contribution in [2.45, 2.75) is 145 Å². The minimum absolute atomic E-state index is 0.000894. The van der Waals surface area contributed by atoms with Crippen LogP contribution in [0.1, 0.15) is 98.0 Å². The number of benzene rings is 5. The Bertz CT molecular complexity index is 3920. The maximum absolute atomic E-state index is 14.7. The van der Waals surface area contributed by atoms with E-state index in [-0.39, 0.29) is 55.3 Å². The van der Waals surface area contributed by atoms with Gasteiger partial charge >= 0.3 is 0 Å². The van der Waals surface area contributed by atoms with Crippen molar-refractivity contribution < 1.29 is 72.1 Å². The average Bonchev–Trinajstić information content (AvgIpc) is 1.63. The first-order valence-corrected chi connectivity index (χ1v) is 36.6. The SMILES string of the molecule is CC(O)[C@@H]1NC(=O)[C@H](CCCCN)NC(=O)[C@@H](Cc2c[nH]c3ccccc23)NC(=O)[C@H](Cc2ccccc2)NC(=O)[C@@H](NC(=O)[C@H](N)Cc2ccccc2)CSSC[C@@H](C(=O)N[C@H](CO)[C@@H](C)O)NC1=O.COc1cc(C(C)=O)ccc1OCCCN1CCC(c2noc3cc(F)ccc23)CC1. The number of H-pyrrole nitrogens is 1. The number of aromatic amines is 1. The average molecular weight is 1450 g/mol. The maximum Gasteiger partial charge on any atom is 0.245 e. The molecule has 0 saturated carbocycles. The highest BCUT2D eigenvalue weighted by atomic mass is 33.1. The Morgan fingerprint density at radius 2 is 1.40 bits per heavy atom. The van der Waals surface area contributed by atoms with Crippen LogP contribution in [0.4, 0.5) is 4.39 Å². The number of nitrogens with one attached hydrogen (secondary N) is 8. The van der Waals surface area contributed by atoms with E-state index in [9.17, 15) is 58.1 Å². The third-order valence-electron chi connectivity index (χ3n) is 17.7. The van der Waals surface area contributed by atoms with Gasteiger partial charge in [-0.05, 0) is 138 Å². The highest BCUT2D eigenvalue weighted by molar-refractivity contribution is 8.76. The summed E-state index contributed by atoms with van der Waals surface area (Å²) in [6.07, 6.45) is 2.74. The standard InChI is InChI=1S/C49H66N10O10S2.C24H27FN2O4/c1-28(61)39(25-60)56-48(68)41-27-71-70-26-40(57-43(63)34(51)21-30-13-5-3-6-14-30)47(67)54-37(22-31-15-7-4-8-16-31)45(65)55-38(23-32-24-52-35-18-10-9-17-33(32)35)46(66)53-36(19-11-12-20-50)44(64)59-42(29(2)62)49(69)58-41;1-16(28)18-4-7-21(23(14-18)29-2)30-13-3-10-27-11-8-17(9-12-27)24-20-6-5-19(25)15-22(20)31-26-24/h3-10,13-18,24,28-29,34,36-42,52,60-62H,11-12,19-23,25-27,50-51H2,1-2H3,(H,53,66)(H,54,67)(H,55,65)(H,56,68)(H,57,63)(H,58,69)(H,59,64);4-7,14-15,17H,3,8-13H2,1-2H3/t28-,29?,34-,36+,37+,38-,39-,40+,41+,42+;/m1./s1. The number of aliphatic hydroxyl groups excluding tert-OH is 3. The number of methoxy groups -OCH3 is 1. The topological polar surface area (TPSA) is 397 Å². The Kier molecular flexibility index (Phi) is 30.5. The van der Waals surface area contributed by atoms with Crippen LogP contribution in [0.5, 0.6) is 11.5 Å². The summed E-state index contributed by atoms with van der Waals surface area (Å²) in [7, 11) is 3.63. The number of piperidine rings is 1. The van der Waals surface area contributed by atoms with Gasteiger partial charge in [0, 0.05) is 70.9 Å². The lowest BCUT2D eigenvalue weighted by molar-refractivity contribution is -0.136.